The first kappa shape index (κ1) is 16.5. The first-order chi connectivity index (χ1) is 9.40. The van der Waals surface area contributed by atoms with Crippen molar-refractivity contribution < 1.29 is 19.1 Å². The number of rotatable bonds is 7. The first-order valence-electron chi connectivity index (χ1n) is 6.77. The van der Waals surface area contributed by atoms with E-state index in [4.69, 9.17) is 14.3 Å². The third-order valence-electron chi connectivity index (χ3n) is 2.37. The van der Waals surface area contributed by atoms with E-state index in [2.05, 4.69) is 10.6 Å². The number of hydrogen-bond acceptors (Lipinski definition) is 5. The largest absolute Gasteiger partial charge is 0.462 e. The molecule has 0 aliphatic carbocycles. The number of aliphatic hydroxyl groups excluding tert-OH is 1. The van der Waals surface area contributed by atoms with E-state index in [0.29, 0.717) is 18.8 Å². The summed E-state index contributed by atoms with van der Waals surface area (Å²) in [5.74, 6) is 1.35. The van der Waals surface area contributed by atoms with Gasteiger partial charge in [-0.1, -0.05) is 0 Å². The highest BCUT2D eigenvalue weighted by Crippen LogP contribution is 2.07. The molecule has 1 aromatic rings. The van der Waals surface area contributed by atoms with Crippen molar-refractivity contribution in [1.82, 2.24) is 10.6 Å². The second kappa shape index (κ2) is 7.91. The van der Waals surface area contributed by atoms with Gasteiger partial charge < -0.3 is 24.9 Å². The molecule has 0 spiro atoms. The molecule has 1 heterocycles. The van der Waals surface area contributed by atoms with Crippen LogP contribution in [0.5, 0.6) is 0 Å². The quantitative estimate of drug-likeness (QED) is 0.665. The molecular weight excluding hydrogens is 260 g/mol. The Morgan fingerprint density at radius 2 is 2.00 bits per heavy atom. The number of carbonyl (C=O) groups excluding carboxylic acids is 1. The van der Waals surface area contributed by atoms with Crippen molar-refractivity contribution >= 4 is 6.09 Å². The molecule has 0 atom stereocenters. The van der Waals surface area contributed by atoms with Crippen LogP contribution in [0.15, 0.2) is 16.5 Å². The van der Waals surface area contributed by atoms with E-state index in [-0.39, 0.29) is 6.61 Å². The van der Waals surface area contributed by atoms with Crippen LogP contribution >= 0.6 is 0 Å². The first-order valence-corrected chi connectivity index (χ1v) is 6.77. The van der Waals surface area contributed by atoms with Gasteiger partial charge in [0.2, 0.25) is 0 Å². The molecule has 0 saturated carbocycles. The van der Waals surface area contributed by atoms with Crippen LogP contribution < -0.4 is 10.6 Å². The van der Waals surface area contributed by atoms with E-state index < -0.39 is 11.7 Å². The molecule has 1 rings (SSSR count). The minimum absolute atomic E-state index is 0.0835. The number of carbonyl (C=O) groups is 1. The molecule has 6 nitrogen and oxygen atoms in total. The normalized spacial score (nSPS) is 11.4. The summed E-state index contributed by atoms with van der Waals surface area (Å²) in [6.07, 6.45) is 0.406. The number of ether oxygens (including phenoxy) is 1. The van der Waals surface area contributed by atoms with Gasteiger partial charge in [-0.3, -0.25) is 0 Å². The zero-order valence-electron chi connectivity index (χ0n) is 12.4. The fourth-order valence-corrected chi connectivity index (χ4v) is 1.53. The van der Waals surface area contributed by atoms with E-state index in [9.17, 15) is 4.79 Å². The average molecular weight is 284 g/mol. The van der Waals surface area contributed by atoms with Gasteiger partial charge in [-0.25, -0.2) is 4.79 Å². The molecule has 1 amide bonds. The smallest absolute Gasteiger partial charge is 0.407 e. The van der Waals surface area contributed by atoms with E-state index in [1.54, 1.807) is 6.07 Å². The predicted molar refractivity (Wildman–Crippen MR) is 75.2 cm³/mol. The van der Waals surface area contributed by atoms with Gasteiger partial charge in [0.05, 0.1) is 6.54 Å². The van der Waals surface area contributed by atoms with E-state index in [1.807, 2.05) is 26.8 Å². The number of amides is 1. The van der Waals surface area contributed by atoms with Crippen LogP contribution in [0.2, 0.25) is 0 Å². The van der Waals surface area contributed by atoms with E-state index >= 15 is 0 Å². The molecule has 0 aliphatic heterocycles. The molecule has 20 heavy (non-hydrogen) atoms. The van der Waals surface area contributed by atoms with Gasteiger partial charge in [0.1, 0.15) is 23.7 Å². The Morgan fingerprint density at radius 1 is 1.30 bits per heavy atom. The summed E-state index contributed by atoms with van der Waals surface area (Å²) in [7, 11) is 0. The van der Waals surface area contributed by atoms with Crippen LogP contribution in [0, 0.1) is 0 Å². The molecular formula is C14H24N2O4. The van der Waals surface area contributed by atoms with Crippen molar-refractivity contribution in [2.75, 3.05) is 13.1 Å². The van der Waals surface area contributed by atoms with Gasteiger partial charge in [-0.2, -0.15) is 0 Å². The fraction of sp³-hybridized carbons (Fsp3) is 0.643. The Labute approximate surface area is 119 Å². The lowest BCUT2D eigenvalue weighted by atomic mass is 10.2. The highest BCUT2D eigenvalue weighted by Gasteiger charge is 2.15. The Bertz CT molecular complexity index is 410. The maximum atomic E-state index is 11.4. The number of nitrogens with one attached hydrogen (secondary N) is 2. The summed E-state index contributed by atoms with van der Waals surface area (Å²) >= 11 is 0. The summed E-state index contributed by atoms with van der Waals surface area (Å²) in [4.78, 5) is 11.4. The third kappa shape index (κ3) is 7.16. The molecule has 1 aromatic heterocycles. The minimum atomic E-state index is -0.466. The predicted octanol–water partition coefficient (Wildman–Crippen LogP) is 1.78. The van der Waals surface area contributed by atoms with Crippen molar-refractivity contribution in [3.63, 3.8) is 0 Å². The second-order valence-corrected chi connectivity index (χ2v) is 5.49. The van der Waals surface area contributed by atoms with Crippen LogP contribution in [0.4, 0.5) is 4.79 Å². The van der Waals surface area contributed by atoms with E-state index in [1.165, 1.54) is 0 Å². The zero-order valence-corrected chi connectivity index (χ0v) is 12.4. The zero-order chi connectivity index (χ0) is 15.0. The summed E-state index contributed by atoms with van der Waals surface area (Å²) in [6.45, 7) is 7.33. The van der Waals surface area contributed by atoms with Crippen LogP contribution in [0.3, 0.4) is 0 Å². The monoisotopic (exact) mass is 284 g/mol. The standard InChI is InChI=1S/C14H24N2O4/c1-14(2,3)20-13(18)16-8-4-7-15-9-11-5-6-12(10-17)19-11/h5-6,15,17H,4,7-10H2,1-3H3,(H,16,18). The van der Waals surface area contributed by atoms with Crippen molar-refractivity contribution in [3.8, 4) is 0 Å². The molecule has 0 bridgehead atoms. The molecule has 0 radical (unpaired) electrons. The Balaban J connectivity index is 2.03. The lowest BCUT2D eigenvalue weighted by Gasteiger charge is -2.19. The van der Waals surface area contributed by atoms with Gasteiger partial charge in [-0.15, -0.1) is 0 Å². The van der Waals surface area contributed by atoms with Gasteiger partial charge in [0.25, 0.3) is 0 Å². The third-order valence-corrected chi connectivity index (χ3v) is 2.37. The molecule has 114 valence electrons. The molecule has 0 unspecified atom stereocenters. The van der Waals surface area contributed by atoms with Crippen LogP contribution in [0.1, 0.15) is 38.7 Å². The maximum Gasteiger partial charge on any atom is 0.407 e. The molecule has 0 aliphatic rings. The Morgan fingerprint density at radius 3 is 2.60 bits per heavy atom. The highest BCUT2D eigenvalue weighted by molar-refractivity contribution is 5.67. The number of furan rings is 1. The summed E-state index contributed by atoms with van der Waals surface area (Å²) in [5, 5.41) is 14.7. The summed E-state index contributed by atoms with van der Waals surface area (Å²) in [6, 6.07) is 3.58. The SMILES string of the molecule is CC(C)(C)OC(=O)NCCCNCc1ccc(CO)o1. The summed E-state index contributed by atoms with van der Waals surface area (Å²) in [5.41, 5.74) is -0.466. The van der Waals surface area contributed by atoms with Crippen molar-refractivity contribution in [3.05, 3.63) is 23.7 Å². The Hall–Kier alpha value is -1.53. The minimum Gasteiger partial charge on any atom is -0.462 e. The van der Waals surface area contributed by atoms with Crippen molar-refractivity contribution in [2.24, 2.45) is 0 Å². The fourth-order valence-electron chi connectivity index (χ4n) is 1.53. The van der Waals surface area contributed by atoms with Gasteiger partial charge >= 0.3 is 6.09 Å². The highest BCUT2D eigenvalue weighted by atomic mass is 16.6. The summed E-state index contributed by atoms with van der Waals surface area (Å²) < 4.78 is 10.4. The van der Waals surface area contributed by atoms with Crippen LogP contribution in [-0.2, 0) is 17.9 Å². The number of alkyl carbamates (subject to hydrolysis) is 1. The molecule has 0 fully saturated rings. The second-order valence-electron chi connectivity index (χ2n) is 5.49. The Kier molecular flexibility index (Phi) is 6.54. The molecule has 3 N–H and O–H groups in total. The molecule has 0 aromatic carbocycles. The van der Waals surface area contributed by atoms with Crippen LogP contribution in [-0.4, -0.2) is 29.9 Å². The maximum absolute atomic E-state index is 11.4. The molecule has 0 saturated heterocycles. The van der Waals surface area contributed by atoms with Gasteiger partial charge in [-0.05, 0) is 45.9 Å². The topological polar surface area (TPSA) is 83.7 Å². The number of hydrogen-bond donors (Lipinski definition) is 3. The van der Waals surface area contributed by atoms with Crippen molar-refractivity contribution in [2.45, 2.75) is 45.9 Å². The molecule has 6 heteroatoms. The average Bonchev–Trinajstić information content (AvgIpc) is 2.79. The van der Waals surface area contributed by atoms with Crippen LogP contribution in [0.25, 0.3) is 0 Å². The lowest BCUT2D eigenvalue weighted by Crippen LogP contribution is -2.33. The van der Waals surface area contributed by atoms with Crippen molar-refractivity contribution in [1.29, 1.82) is 0 Å². The lowest BCUT2D eigenvalue weighted by molar-refractivity contribution is 0.0527. The number of aliphatic hydroxyl groups is 1. The van der Waals surface area contributed by atoms with E-state index in [0.717, 1.165) is 18.7 Å². The van der Waals surface area contributed by atoms with Gasteiger partial charge in [0.15, 0.2) is 0 Å². The van der Waals surface area contributed by atoms with Gasteiger partial charge in [0, 0.05) is 6.54 Å².